The molecule has 0 atom stereocenters. The summed E-state index contributed by atoms with van der Waals surface area (Å²) in [7, 11) is 3.30. The Morgan fingerprint density at radius 1 is 1.04 bits per heavy atom. The number of nitrogens with one attached hydrogen (secondary N) is 1. The van der Waals surface area contributed by atoms with Crippen molar-refractivity contribution in [1.82, 2.24) is 4.98 Å². The van der Waals surface area contributed by atoms with Gasteiger partial charge in [0.2, 0.25) is 0 Å². The Bertz CT molecular complexity index is 900. The van der Waals surface area contributed by atoms with Gasteiger partial charge in [-0.1, -0.05) is 29.3 Å². The van der Waals surface area contributed by atoms with Gasteiger partial charge in [0.05, 0.1) is 36.0 Å². The van der Waals surface area contributed by atoms with Gasteiger partial charge in [0, 0.05) is 10.4 Å². The average Bonchev–Trinajstić information content (AvgIpc) is 2.99. The first-order valence-corrected chi connectivity index (χ1v) is 9.27. The molecule has 3 N–H and O–H groups in total. The largest absolute Gasteiger partial charge is 0.496 e. The summed E-state index contributed by atoms with van der Waals surface area (Å²) in [6, 6.07) is 9.43. The number of nitrogens with two attached hydrogens (primary N) is 1. The minimum absolute atomic E-state index is 0.590. The van der Waals surface area contributed by atoms with Crippen LogP contribution < -0.4 is 15.2 Å². The Kier molecular flexibility index (Phi) is 5.97. The normalized spacial score (nSPS) is 11.1. The van der Waals surface area contributed by atoms with Gasteiger partial charge >= 0.3 is 0 Å². The highest BCUT2D eigenvalue weighted by molar-refractivity contribution is 6.38. The number of fused-ring (bicyclic) bond motifs is 1. The summed E-state index contributed by atoms with van der Waals surface area (Å²) in [5, 5.41) is 2.22. The zero-order chi connectivity index (χ0) is 18.7. The summed E-state index contributed by atoms with van der Waals surface area (Å²) in [4.78, 5) is 3.47. The lowest BCUT2D eigenvalue weighted by Gasteiger charge is -2.14. The van der Waals surface area contributed by atoms with Gasteiger partial charge in [-0.15, -0.1) is 0 Å². The minimum Gasteiger partial charge on any atom is -0.496 e. The molecule has 0 bridgehead atoms. The number of unbranched alkanes of at least 4 members (excludes halogenated alkanes) is 1. The third-order valence-electron chi connectivity index (χ3n) is 4.49. The van der Waals surface area contributed by atoms with Gasteiger partial charge in [0.25, 0.3) is 0 Å². The second-order valence-electron chi connectivity index (χ2n) is 6.07. The van der Waals surface area contributed by atoms with Crippen LogP contribution >= 0.6 is 23.2 Å². The highest BCUT2D eigenvalue weighted by atomic mass is 35.5. The maximum atomic E-state index is 6.45. The zero-order valence-electron chi connectivity index (χ0n) is 14.9. The molecule has 1 heterocycles. The van der Waals surface area contributed by atoms with E-state index in [1.807, 2.05) is 24.3 Å². The van der Waals surface area contributed by atoms with Crippen LogP contribution in [-0.2, 0) is 6.42 Å². The highest BCUT2D eigenvalue weighted by Gasteiger charge is 2.21. The number of methoxy groups -OCH3 is 2. The van der Waals surface area contributed by atoms with Crippen LogP contribution in [-0.4, -0.2) is 25.7 Å². The second kappa shape index (κ2) is 8.21. The molecular weight excluding hydrogens is 371 g/mol. The van der Waals surface area contributed by atoms with Crippen LogP contribution in [0.4, 0.5) is 0 Å². The predicted octanol–water partition coefficient (Wildman–Crippen LogP) is 5.44. The molecule has 0 aliphatic rings. The smallest absolute Gasteiger partial charge is 0.131 e. The number of hydrogen-bond donors (Lipinski definition) is 2. The van der Waals surface area contributed by atoms with Crippen LogP contribution in [0.25, 0.3) is 22.2 Å². The summed E-state index contributed by atoms with van der Waals surface area (Å²) in [6.07, 6.45) is 2.77. The molecule has 1 aromatic heterocycles. The first-order valence-electron chi connectivity index (χ1n) is 8.51. The van der Waals surface area contributed by atoms with Crippen molar-refractivity contribution in [2.24, 2.45) is 5.73 Å². The summed E-state index contributed by atoms with van der Waals surface area (Å²) in [6.45, 7) is 0.664. The van der Waals surface area contributed by atoms with Crippen molar-refractivity contribution in [1.29, 1.82) is 0 Å². The Morgan fingerprint density at radius 2 is 1.73 bits per heavy atom. The van der Waals surface area contributed by atoms with Crippen molar-refractivity contribution in [3.05, 3.63) is 45.9 Å². The maximum absolute atomic E-state index is 6.45. The van der Waals surface area contributed by atoms with E-state index in [1.54, 1.807) is 20.3 Å². The van der Waals surface area contributed by atoms with Gasteiger partial charge in [-0.25, -0.2) is 0 Å². The van der Waals surface area contributed by atoms with Crippen molar-refractivity contribution < 1.29 is 9.47 Å². The van der Waals surface area contributed by atoms with Gasteiger partial charge in [0.1, 0.15) is 11.5 Å². The molecule has 6 heteroatoms. The van der Waals surface area contributed by atoms with Gasteiger partial charge in [0.15, 0.2) is 0 Å². The van der Waals surface area contributed by atoms with Crippen LogP contribution in [0.15, 0.2) is 30.3 Å². The Hall–Kier alpha value is -1.88. The third-order valence-corrected chi connectivity index (χ3v) is 5.01. The Labute approximate surface area is 163 Å². The third kappa shape index (κ3) is 3.50. The van der Waals surface area contributed by atoms with Gasteiger partial charge in [-0.05, 0) is 55.6 Å². The number of aryl methyl sites for hydroxylation is 1. The van der Waals surface area contributed by atoms with Crippen molar-refractivity contribution in [2.45, 2.75) is 19.3 Å². The number of H-pyrrole nitrogens is 1. The molecule has 3 aromatic rings. The van der Waals surface area contributed by atoms with E-state index in [9.17, 15) is 0 Å². The van der Waals surface area contributed by atoms with E-state index in [1.165, 1.54) is 0 Å². The molecule has 0 aliphatic carbocycles. The first-order chi connectivity index (χ1) is 12.6. The molecule has 0 saturated carbocycles. The Balaban J connectivity index is 2.29. The predicted molar refractivity (Wildman–Crippen MR) is 109 cm³/mol. The molecule has 0 saturated heterocycles. The highest BCUT2D eigenvalue weighted by Crippen LogP contribution is 2.43. The summed E-state index contributed by atoms with van der Waals surface area (Å²) in [5.74, 6) is 1.47. The molecule has 4 nitrogen and oxygen atoms in total. The molecular formula is C20H22Cl2N2O2. The molecule has 26 heavy (non-hydrogen) atoms. The van der Waals surface area contributed by atoms with E-state index in [2.05, 4.69) is 4.98 Å². The number of halogens is 2. The van der Waals surface area contributed by atoms with E-state index < -0.39 is 0 Å². The standard InChI is InChI=1S/C20H22Cl2N2O2/c1-25-16-7-5-8-17(26-2)18(16)20-13(6-3-4-9-23)14-10-12(21)11-15(22)19(14)24-20/h5,7-8,10-11,24H,3-4,6,9,23H2,1-2H3. The first kappa shape index (κ1) is 18.9. The molecule has 3 rings (SSSR count). The van der Waals surface area contributed by atoms with E-state index in [-0.39, 0.29) is 0 Å². The number of benzene rings is 2. The molecule has 0 fully saturated rings. The van der Waals surface area contributed by atoms with Crippen molar-refractivity contribution in [3.63, 3.8) is 0 Å². The minimum atomic E-state index is 0.590. The van der Waals surface area contributed by atoms with Crippen LogP contribution in [0.1, 0.15) is 18.4 Å². The molecule has 0 amide bonds. The fraction of sp³-hybridized carbons (Fsp3) is 0.300. The van der Waals surface area contributed by atoms with Gasteiger partial charge in [-0.3, -0.25) is 0 Å². The fourth-order valence-corrected chi connectivity index (χ4v) is 3.83. The number of rotatable bonds is 7. The topological polar surface area (TPSA) is 60.3 Å². The molecule has 2 aromatic carbocycles. The number of aromatic nitrogens is 1. The molecule has 0 aliphatic heterocycles. The second-order valence-corrected chi connectivity index (χ2v) is 6.92. The summed E-state index contributed by atoms with van der Waals surface area (Å²) >= 11 is 12.7. The van der Waals surface area contributed by atoms with Crippen LogP contribution in [0.5, 0.6) is 11.5 Å². The average molecular weight is 393 g/mol. The number of hydrogen-bond acceptors (Lipinski definition) is 3. The number of ether oxygens (including phenoxy) is 2. The van der Waals surface area contributed by atoms with Gasteiger partial charge in [-0.2, -0.15) is 0 Å². The van der Waals surface area contributed by atoms with Crippen LogP contribution in [0.2, 0.25) is 10.0 Å². The molecule has 0 spiro atoms. The lowest BCUT2D eigenvalue weighted by atomic mass is 9.99. The van der Waals surface area contributed by atoms with Crippen molar-refractivity contribution >= 4 is 34.1 Å². The van der Waals surface area contributed by atoms with E-state index in [0.717, 1.165) is 58.5 Å². The van der Waals surface area contributed by atoms with Crippen LogP contribution in [0.3, 0.4) is 0 Å². The summed E-state index contributed by atoms with van der Waals surface area (Å²) < 4.78 is 11.2. The Morgan fingerprint density at radius 3 is 2.35 bits per heavy atom. The quantitative estimate of drug-likeness (QED) is 0.526. The monoisotopic (exact) mass is 392 g/mol. The fourth-order valence-electron chi connectivity index (χ4n) is 3.29. The zero-order valence-corrected chi connectivity index (χ0v) is 16.4. The molecule has 0 radical (unpaired) electrons. The lowest BCUT2D eigenvalue weighted by Crippen LogP contribution is -2.00. The van der Waals surface area contributed by atoms with E-state index >= 15 is 0 Å². The maximum Gasteiger partial charge on any atom is 0.131 e. The van der Waals surface area contributed by atoms with Crippen molar-refractivity contribution in [2.75, 3.05) is 20.8 Å². The summed E-state index contributed by atoms with van der Waals surface area (Å²) in [5.41, 5.74) is 9.50. The molecule has 0 unspecified atom stereocenters. The van der Waals surface area contributed by atoms with Crippen LogP contribution in [0, 0.1) is 0 Å². The molecule has 138 valence electrons. The van der Waals surface area contributed by atoms with Gasteiger partial charge < -0.3 is 20.2 Å². The van der Waals surface area contributed by atoms with E-state index in [4.69, 9.17) is 38.4 Å². The van der Waals surface area contributed by atoms with Crippen molar-refractivity contribution in [3.8, 4) is 22.8 Å². The SMILES string of the molecule is COc1cccc(OC)c1-c1[nH]c2c(Cl)cc(Cl)cc2c1CCCCN. The van der Waals surface area contributed by atoms with E-state index in [0.29, 0.717) is 16.6 Å². The number of aromatic amines is 1. The lowest BCUT2D eigenvalue weighted by molar-refractivity contribution is 0.397.